The normalized spacial score (nSPS) is 10.4. The van der Waals surface area contributed by atoms with Crippen LogP contribution in [0.2, 0.25) is 0 Å². The monoisotopic (exact) mass is 363 g/mol. The summed E-state index contributed by atoms with van der Waals surface area (Å²) in [4.78, 5) is 22.3. The Balaban J connectivity index is 1.75. The molecule has 0 saturated carbocycles. The van der Waals surface area contributed by atoms with Crippen molar-refractivity contribution in [2.75, 3.05) is 6.61 Å². The van der Waals surface area contributed by atoms with Gasteiger partial charge in [0, 0.05) is 13.0 Å². The SMILES string of the molecule is O=C(O)CCCOc1ccc(CNC(=O)Cc2ccc(F)c(F)c2)cc1. The lowest BCUT2D eigenvalue weighted by Crippen LogP contribution is -2.24. The standard InChI is InChI=1S/C19H19F2NO4/c20-16-8-5-14(10-17(16)21)11-18(23)22-12-13-3-6-15(7-4-13)26-9-1-2-19(24)25/h3-8,10H,1-2,9,11-12H2,(H,22,23)(H,24,25). The number of nitrogens with one attached hydrogen (secondary N) is 1. The molecule has 0 saturated heterocycles. The van der Waals surface area contributed by atoms with Gasteiger partial charge in [-0.05, 0) is 41.8 Å². The molecule has 138 valence electrons. The number of rotatable bonds is 9. The fourth-order valence-electron chi connectivity index (χ4n) is 2.22. The summed E-state index contributed by atoms with van der Waals surface area (Å²) < 4.78 is 31.4. The maximum absolute atomic E-state index is 13.1. The van der Waals surface area contributed by atoms with Gasteiger partial charge in [-0.15, -0.1) is 0 Å². The maximum Gasteiger partial charge on any atom is 0.303 e. The summed E-state index contributed by atoms with van der Waals surface area (Å²) in [6.45, 7) is 0.610. The van der Waals surface area contributed by atoms with Crippen LogP contribution in [0.15, 0.2) is 42.5 Å². The van der Waals surface area contributed by atoms with E-state index < -0.39 is 17.6 Å². The summed E-state index contributed by atoms with van der Waals surface area (Å²) >= 11 is 0. The number of amides is 1. The smallest absolute Gasteiger partial charge is 0.303 e. The van der Waals surface area contributed by atoms with Gasteiger partial charge in [-0.2, -0.15) is 0 Å². The van der Waals surface area contributed by atoms with E-state index in [9.17, 15) is 18.4 Å². The highest BCUT2D eigenvalue weighted by molar-refractivity contribution is 5.78. The van der Waals surface area contributed by atoms with E-state index >= 15 is 0 Å². The number of carbonyl (C=O) groups excluding carboxylic acids is 1. The maximum atomic E-state index is 13.1. The summed E-state index contributed by atoms with van der Waals surface area (Å²) in [7, 11) is 0. The van der Waals surface area contributed by atoms with Crippen molar-refractivity contribution in [1.82, 2.24) is 5.32 Å². The molecule has 1 amide bonds. The lowest BCUT2D eigenvalue weighted by Gasteiger charge is -2.08. The molecule has 0 aliphatic heterocycles. The van der Waals surface area contributed by atoms with Gasteiger partial charge in [0.25, 0.3) is 0 Å². The highest BCUT2D eigenvalue weighted by atomic mass is 19.2. The zero-order valence-electron chi connectivity index (χ0n) is 14.0. The Morgan fingerprint density at radius 2 is 1.69 bits per heavy atom. The van der Waals surface area contributed by atoms with Gasteiger partial charge < -0.3 is 15.2 Å². The summed E-state index contributed by atoms with van der Waals surface area (Å²) in [6, 6.07) is 10.4. The number of carboxylic acids is 1. The molecule has 0 fully saturated rings. The second kappa shape index (κ2) is 9.50. The van der Waals surface area contributed by atoms with Gasteiger partial charge in [-0.1, -0.05) is 18.2 Å². The Kier molecular flexibility index (Phi) is 7.08. The van der Waals surface area contributed by atoms with E-state index in [1.807, 2.05) is 0 Å². The van der Waals surface area contributed by atoms with Crippen LogP contribution >= 0.6 is 0 Å². The van der Waals surface area contributed by atoms with Crippen molar-refractivity contribution in [3.8, 4) is 5.75 Å². The molecule has 0 bridgehead atoms. The van der Waals surface area contributed by atoms with Crippen molar-refractivity contribution in [1.29, 1.82) is 0 Å². The zero-order chi connectivity index (χ0) is 18.9. The molecule has 2 aromatic carbocycles. The van der Waals surface area contributed by atoms with Crippen molar-refractivity contribution in [2.24, 2.45) is 0 Å². The van der Waals surface area contributed by atoms with Gasteiger partial charge in [0.15, 0.2) is 11.6 Å². The van der Waals surface area contributed by atoms with Crippen LogP contribution in [0.5, 0.6) is 5.75 Å². The Labute approximate surface area is 149 Å². The Morgan fingerprint density at radius 1 is 1.00 bits per heavy atom. The van der Waals surface area contributed by atoms with Crippen LogP contribution in [0, 0.1) is 11.6 Å². The average Bonchev–Trinajstić information content (AvgIpc) is 2.61. The Morgan fingerprint density at radius 3 is 2.35 bits per heavy atom. The minimum Gasteiger partial charge on any atom is -0.494 e. The first kappa shape index (κ1) is 19.4. The molecule has 2 rings (SSSR count). The first-order chi connectivity index (χ1) is 12.4. The first-order valence-electron chi connectivity index (χ1n) is 8.08. The summed E-state index contributed by atoms with van der Waals surface area (Å²) in [5, 5.41) is 11.2. The number of carboxylic acid groups (broad SMARTS) is 1. The molecular weight excluding hydrogens is 344 g/mol. The van der Waals surface area contributed by atoms with E-state index in [0.717, 1.165) is 17.7 Å². The second-order valence-corrected chi connectivity index (χ2v) is 5.69. The number of ether oxygens (including phenoxy) is 1. The fourth-order valence-corrected chi connectivity index (χ4v) is 2.22. The van der Waals surface area contributed by atoms with E-state index in [1.165, 1.54) is 6.07 Å². The minimum atomic E-state index is -0.978. The van der Waals surface area contributed by atoms with E-state index in [2.05, 4.69) is 5.32 Å². The molecule has 26 heavy (non-hydrogen) atoms. The minimum absolute atomic E-state index is 0.0397. The molecule has 0 aromatic heterocycles. The number of aliphatic carboxylic acids is 1. The second-order valence-electron chi connectivity index (χ2n) is 5.69. The van der Waals surface area contributed by atoms with E-state index in [1.54, 1.807) is 24.3 Å². The molecular formula is C19H19F2NO4. The van der Waals surface area contributed by atoms with Crippen LogP contribution in [0.25, 0.3) is 0 Å². The number of benzene rings is 2. The van der Waals surface area contributed by atoms with Gasteiger partial charge in [0.05, 0.1) is 13.0 Å². The van der Waals surface area contributed by atoms with Crippen molar-refractivity contribution >= 4 is 11.9 Å². The van der Waals surface area contributed by atoms with Crippen molar-refractivity contribution in [3.63, 3.8) is 0 Å². The molecule has 0 heterocycles. The van der Waals surface area contributed by atoms with Crippen LogP contribution in [-0.4, -0.2) is 23.6 Å². The lowest BCUT2D eigenvalue weighted by molar-refractivity contribution is -0.137. The number of halogens is 2. The predicted octanol–water partition coefficient (Wildman–Crippen LogP) is 3.07. The molecule has 2 aromatic rings. The molecule has 7 heteroatoms. The van der Waals surface area contributed by atoms with Crippen LogP contribution in [0.1, 0.15) is 24.0 Å². The summed E-state index contributed by atoms with van der Waals surface area (Å²) in [6.07, 6.45) is 0.446. The van der Waals surface area contributed by atoms with Crippen LogP contribution in [-0.2, 0) is 22.6 Å². The highest BCUT2D eigenvalue weighted by Crippen LogP contribution is 2.13. The van der Waals surface area contributed by atoms with Crippen LogP contribution in [0.4, 0.5) is 8.78 Å². The zero-order valence-corrected chi connectivity index (χ0v) is 14.0. The molecule has 2 N–H and O–H groups in total. The van der Waals surface area contributed by atoms with Gasteiger partial charge in [-0.25, -0.2) is 8.78 Å². The Hall–Kier alpha value is -2.96. The molecule has 0 aliphatic rings. The number of hydrogen-bond acceptors (Lipinski definition) is 3. The fraction of sp³-hybridized carbons (Fsp3) is 0.263. The molecule has 0 atom stereocenters. The highest BCUT2D eigenvalue weighted by Gasteiger charge is 2.07. The molecule has 0 aliphatic carbocycles. The van der Waals surface area contributed by atoms with E-state index in [4.69, 9.17) is 9.84 Å². The van der Waals surface area contributed by atoms with Crippen molar-refractivity contribution < 1.29 is 28.2 Å². The predicted molar refractivity (Wildman–Crippen MR) is 90.7 cm³/mol. The first-order valence-corrected chi connectivity index (χ1v) is 8.08. The molecule has 0 spiro atoms. The lowest BCUT2D eigenvalue weighted by atomic mass is 10.1. The third kappa shape index (κ3) is 6.51. The molecule has 5 nitrogen and oxygen atoms in total. The third-order valence-electron chi connectivity index (χ3n) is 3.57. The molecule has 0 unspecified atom stereocenters. The van der Waals surface area contributed by atoms with Gasteiger partial charge in [0.2, 0.25) is 5.91 Å². The van der Waals surface area contributed by atoms with E-state index in [0.29, 0.717) is 30.9 Å². The topological polar surface area (TPSA) is 75.6 Å². The average molecular weight is 363 g/mol. The van der Waals surface area contributed by atoms with Crippen LogP contribution in [0.3, 0.4) is 0 Å². The third-order valence-corrected chi connectivity index (χ3v) is 3.57. The van der Waals surface area contributed by atoms with Crippen molar-refractivity contribution in [3.05, 3.63) is 65.2 Å². The quantitative estimate of drug-likeness (QED) is 0.672. The van der Waals surface area contributed by atoms with Crippen LogP contribution < -0.4 is 10.1 Å². The summed E-state index contributed by atoms with van der Waals surface area (Å²) in [5.41, 5.74) is 1.24. The van der Waals surface area contributed by atoms with Gasteiger partial charge in [-0.3, -0.25) is 9.59 Å². The van der Waals surface area contributed by atoms with Gasteiger partial charge in [0.1, 0.15) is 5.75 Å². The largest absolute Gasteiger partial charge is 0.494 e. The Bertz CT molecular complexity index is 763. The number of carbonyl (C=O) groups is 2. The summed E-state index contributed by atoms with van der Waals surface area (Å²) in [5.74, 6) is -2.46. The van der Waals surface area contributed by atoms with Gasteiger partial charge >= 0.3 is 5.97 Å². The molecule has 0 radical (unpaired) electrons. The van der Waals surface area contributed by atoms with Crippen molar-refractivity contribution in [2.45, 2.75) is 25.8 Å². The van der Waals surface area contributed by atoms with E-state index in [-0.39, 0.29) is 18.7 Å². The number of hydrogen-bond donors (Lipinski definition) is 2.